The highest BCUT2D eigenvalue weighted by Gasteiger charge is 2.08. The van der Waals surface area contributed by atoms with E-state index in [2.05, 4.69) is 24.5 Å². The molecule has 5 heteroatoms. The fourth-order valence-electron chi connectivity index (χ4n) is 1.92. The molecule has 0 aliphatic rings. The van der Waals surface area contributed by atoms with Crippen LogP contribution in [-0.4, -0.2) is 11.0 Å². The number of hydrogen-bond acceptors (Lipinski definition) is 3. The molecule has 22 heavy (non-hydrogen) atoms. The van der Waals surface area contributed by atoms with Crippen LogP contribution in [-0.2, 0) is 0 Å². The van der Waals surface area contributed by atoms with Crippen LogP contribution in [0, 0.1) is 0 Å². The summed E-state index contributed by atoms with van der Waals surface area (Å²) in [5.74, 6) is 0.202. The highest BCUT2D eigenvalue weighted by molar-refractivity contribution is 7.80. The SMILES string of the molecule is CC(C)c1ccc(C(=O)NC(=S)Nc2ccc(N)cc2)cc1. The zero-order valence-electron chi connectivity index (χ0n) is 12.6. The summed E-state index contributed by atoms with van der Waals surface area (Å²) in [6, 6.07) is 14.6. The first-order valence-corrected chi connectivity index (χ1v) is 7.44. The van der Waals surface area contributed by atoms with Crippen molar-refractivity contribution in [1.82, 2.24) is 5.32 Å². The van der Waals surface area contributed by atoms with Crippen LogP contribution in [0.15, 0.2) is 48.5 Å². The molecule has 0 aliphatic carbocycles. The number of nitrogen functional groups attached to an aromatic ring is 1. The van der Waals surface area contributed by atoms with Gasteiger partial charge in [-0.1, -0.05) is 26.0 Å². The van der Waals surface area contributed by atoms with Gasteiger partial charge in [-0.25, -0.2) is 0 Å². The second-order valence-corrected chi connectivity index (χ2v) is 5.72. The Kier molecular flexibility index (Phi) is 5.12. The van der Waals surface area contributed by atoms with E-state index in [0.717, 1.165) is 5.69 Å². The van der Waals surface area contributed by atoms with Crippen molar-refractivity contribution >= 4 is 34.6 Å². The molecule has 2 rings (SSSR count). The van der Waals surface area contributed by atoms with Gasteiger partial charge >= 0.3 is 0 Å². The van der Waals surface area contributed by atoms with E-state index >= 15 is 0 Å². The fraction of sp³-hybridized carbons (Fsp3) is 0.176. The number of thiocarbonyl (C=S) groups is 1. The molecule has 4 nitrogen and oxygen atoms in total. The number of anilines is 2. The van der Waals surface area contributed by atoms with E-state index < -0.39 is 0 Å². The van der Waals surface area contributed by atoms with E-state index in [1.54, 1.807) is 36.4 Å². The van der Waals surface area contributed by atoms with E-state index in [0.29, 0.717) is 17.2 Å². The molecule has 0 heterocycles. The van der Waals surface area contributed by atoms with Crippen molar-refractivity contribution in [1.29, 1.82) is 0 Å². The molecule has 0 fully saturated rings. The second-order valence-electron chi connectivity index (χ2n) is 5.31. The summed E-state index contributed by atoms with van der Waals surface area (Å²) in [4.78, 5) is 12.1. The van der Waals surface area contributed by atoms with Gasteiger partial charge in [0.1, 0.15) is 0 Å². The van der Waals surface area contributed by atoms with Gasteiger partial charge in [0.2, 0.25) is 0 Å². The number of rotatable bonds is 3. The largest absolute Gasteiger partial charge is 0.399 e. The number of benzene rings is 2. The highest BCUT2D eigenvalue weighted by atomic mass is 32.1. The fourth-order valence-corrected chi connectivity index (χ4v) is 2.13. The van der Waals surface area contributed by atoms with Crippen LogP contribution in [0.1, 0.15) is 35.7 Å². The molecular formula is C17H19N3OS. The van der Waals surface area contributed by atoms with Gasteiger partial charge in [0.15, 0.2) is 5.11 Å². The first-order valence-electron chi connectivity index (χ1n) is 7.03. The Hall–Kier alpha value is -2.40. The molecule has 0 unspecified atom stereocenters. The van der Waals surface area contributed by atoms with Crippen LogP contribution in [0.4, 0.5) is 11.4 Å². The molecular weight excluding hydrogens is 294 g/mol. The molecule has 4 N–H and O–H groups in total. The van der Waals surface area contributed by atoms with Crippen LogP contribution < -0.4 is 16.4 Å². The smallest absolute Gasteiger partial charge is 0.257 e. The molecule has 0 aliphatic heterocycles. The van der Waals surface area contributed by atoms with Gasteiger partial charge in [-0.15, -0.1) is 0 Å². The van der Waals surface area contributed by atoms with E-state index in [1.807, 2.05) is 12.1 Å². The minimum Gasteiger partial charge on any atom is -0.399 e. The van der Waals surface area contributed by atoms with Crippen LogP contribution in [0.25, 0.3) is 0 Å². The molecule has 2 aromatic carbocycles. The first kappa shape index (κ1) is 16.0. The van der Waals surface area contributed by atoms with Crippen molar-refractivity contribution in [3.05, 3.63) is 59.7 Å². The quantitative estimate of drug-likeness (QED) is 0.599. The Morgan fingerprint density at radius 3 is 2.18 bits per heavy atom. The molecule has 0 bridgehead atoms. The zero-order valence-corrected chi connectivity index (χ0v) is 13.4. The molecule has 0 saturated heterocycles. The summed E-state index contributed by atoms with van der Waals surface area (Å²) in [5, 5.41) is 5.85. The van der Waals surface area contributed by atoms with Crippen molar-refractivity contribution in [2.75, 3.05) is 11.1 Å². The molecule has 2 aromatic rings. The normalized spacial score (nSPS) is 10.3. The van der Waals surface area contributed by atoms with Gasteiger partial charge in [0, 0.05) is 16.9 Å². The Labute approximate surface area is 135 Å². The summed E-state index contributed by atoms with van der Waals surface area (Å²) in [6.07, 6.45) is 0. The average Bonchev–Trinajstić information content (AvgIpc) is 2.49. The van der Waals surface area contributed by atoms with Crippen molar-refractivity contribution in [3.63, 3.8) is 0 Å². The molecule has 0 saturated carbocycles. The number of carbonyl (C=O) groups excluding carboxylic acids is 1. The lowest BCUT2D eigenvalue weighted by molar-refractivity contribution is 0.0977. The number of nitrogens with one attached hydrogen (secondary N) is 2. The van der Waals surface area contributed by atoms with Crippen molar-refractivity contribution < 1.29 is 4.79 Å². The van der Waals surface area contributed by atoms with Crippen molar-refractivity contribution in [2.45, 2.75) is 19.8 Å². The summed E-state index contributed by atoms with van der Waals surface area (Å²) >= 11 is 5.14. The van der Waals surface area contributed by atoms with Crippen LogP contribution in [0.5, 0.6) is 0 Å². The first-order chi connectivity index (χ1) is 10.5. The predicted octanol–water partition coefficient (Wildman–Crippen LogP) is 3.52. The number of carbonyl (C=O) groups is 1. The molecule has 0 spiro atoms. The van der Waals surface area contributed by atoms with Gasteiger partial charge in [0.05, 0.1) is 0 Å². The van der Waals surface area contributed by atoms with Gasteiger partial charge < -0.3 is 11.1 Å². The van der Waals surface area contributed by atoms with Gasteiger partial charge in [0.25, 0.3) is 5.91 Å². The minimum atomic E-state index is -0.233. The minimum absolute atomic E-state index is 0.233. The third-order valence-electron chi connectivity index (χ3n) is 3.24. The van der Waals surface area contributed by atoms with E-state index in [-0.39, 0.29) is 11.0 Å². The maximum absolute atomic E-state index is 12.1. The summed E-state index contributed by atoms with van der Waals surface area (Å²) < 4.78 is 0. The summed E-state index contributed by atoms with van der Waals surface area (Å²) in [5.41, 5.74) is 8.83. The Morgan fingerprint density at radius 2 is 1.64 bits per heavy atom. The lowest BCUT2D eigenvalue weighted by Crippen LogP contribution is -2.34. The lowest BCUT2D eigenvalue weighted by Gasteiger charge is -2.10. The number of hydrogen-bond donors (Lipinski definition) is 3. The topological polar surface area (TPSA) is 67.2 Å². The summed E-state index contributed by atoms with van der Waals surface area (Å²) in [7, 11) is 0. The maximum atomic E-state index is 12.1. The van der Waals surface area contributed by atoms with Gasteiger partial charge in [-0.05, 0) is 60.1 Å². The van der Waals surface area contributed by atoms with Crippen LogP contribution in [0.2, 0.25) is 0 Å². The second kappa shape index (κ2) is 7.04. The monoisotopic (exact) mass is 313 g/mol. The Bertz CT molecular complexity index is 663. The highest BCUT2D eigenvalue weighted by Crippen LogP contribution is 2.15. The molecule has 0 radical (unpaired) electrons. The van der Waals surface area contributed by atoms with Gasteiger partial charge in [-0.2, -0.15) is 0 Å². The summed E-state index contributed by atoms with van der Waals surface area (Å²) in [6.45, 7) is 4.22. The van der Waals surface area contributed by atoms with Gasteiger partial charge in [-0.3, -0.25) is 10.1 Å². The maximum Gasteiger partial charge on any atom is 0.257 e. The number of nitrogens with two attached hydrogens (primary N) is 1. The molecule has 114 valence electrons. The third-order valence-corrected chi connectivity index (χ3v) is 3.44. The average molecular weight is 313 g/mol. The standard InChI is InChI=1S/C17H19N3OS/c1-11(2)12-3-5-13(6-4-12)16(21)20-17(22)19-15-9-7-14(18)8-10-15/h3-11H,18H2,1-2H3,(H2,19,20,21,22). The van der Waals surface area contributed by atoms with E-state index in [1.165, 1.54) is 5.56 Å². The van der Waals surface area contributed by atoms with Crippen LogP contribution >= 0.6 is 12.2 Å². The molecule has 0 aromatic heterocycles. The van der Waals surface area contributed by atoms with E-state index in [9.17, 15) is 4.79 Å². The number of amides is 1. The van der Waals surface area contributed by atoms with E-state index in [4.69, 9.17) is 18.0 Å². The molecule has 0 atom stereocenters. The predicted molar refractivity (Wildman–Crippen MR) is 95.1 cm³/mol. The molecule has 1 amide bonds. The van der Waals surface area contributed by atoms with Crippen molar-refractivity contribution in [3.8, 4) is 0 Å². The lowest BCUT2D eigenvalue weighted by atomic mass is 10.0. The zero-order chi connectivity index (χ0) is 16.1. The van der Waals surface area contributed by atoms with Crippen molar-refractivity contribution in [2.24, 2.45) is 0 Å². The Morgan fingerprint density at radius 1 is 1.05 bits per heavy atom. The third kappa shape index (κ3) is 4.30. The Balaban J connectivity index is 1.96. The van der Waals surface area contributed by atoms with Crippen LogP contribution in [0.3, 0.4) is 0 Å².